The van der Waals surface area contributed by atoms with Crippen molar-refractivity contribution in [1.29, 1.82) is 0 Å². The molecule has 0 fully saturated rings. The van der Waals surface area contributed by atoms with E-state index < -0.39 is 6.10 Å². The van der Waals surface area contributed by atoms with Crippen molar-refractivity contribution < 1.29 is 9.90 Å². The number of benzene rings is 2. The van der Waals surface area contributed by atoms with Gasteiger partial charge in [-0.15, -0.1) is 0 Å². The Labute approximate surface area is 151 Å². The first-order chi connectivity index (χ1) is 12.7. The lowest BCUT2D eigenvalue weighted by atomic mass is 10.0. The van der Waals surface area contributed by atoms with Crippen molar-refractivity contribution in [2.24, 2.45) is 0 Å². The van der Waals surface area contributed by atoms with Gasteiger partial charge in [-0.3, -0.25) is 4.79 Å². The maximum Gasteiger partial charge on any atom is 0.254 e. The number of fused-ring (bicyclic) bond motifs is 1. The molecule has 1 aliphatic heterocycles. The molecule has 1 N–H and O–H groups in total. The Morgan fingerprint density at radius 2 is 1.96 bits per heavy atom. The van der Waals surface area contributed by atoms with E-state index >= 15 is 0 Å². The lowest BCUT2D eigenvalue weighted by Crippen LogP contribution is -2.31. The zero-order valence-corrected chi connectivity index (χ0v) is 14.3. The predicted octanol–water partition coefficient (Wildman–Crippen LogP) is 2.41. The highest BCUT2D eigenvalue weighted by Gasteiger charge is 2.25. The molecule has 0 radical (unpaired) electrons. The first-order valence-electron chi connectivity index (χ1n) is 8.68. The van der Waals surface area contributed by atoms with Crippen LogP contribution in [0.2, 0.25) is 0 Å². The van der Waals surface area contributed by atoms with Gasteiger partial charge in [0.1, 0.15) is 12.7 Å². The van der Waals surface area contributed by atoms with Gasteiger partial charge in [0.15, 0.2) is 0 Å². The minimum Gasteiger partial charge on any atom is -0.388 e. The van der Waals surface area contributed by atoms with Gasteiger partial charge in [-0.05, 0) is 29.2 Å². The molecular formula is C20H20N4O2. The quantitative estimate of drug-likeness (QED) is 0.789. The summed E-state index contributed by atoms with van der Waals surface area (Å²) in [5, 5.41) is 14.5. The standard InChI is InChI=1S/C20H20N4O2/c25-19-9-10-23(11-15-5-1-3-7-17(15)19)20(26)18-8-4-2-6-16(18)12-24-14-21-13-22-24/h1-8,13-14,19,25H,9-12H2. The number of aliphatic hydroxyl groups excluding tert-OH is 1. The summed E-state index contributed by atoms with van der Waals surface area (Å²) in [7, 11) is 0. The molecule has 132 valence electrons. The summed E-state index contributed by atoms with van der Waals surface area (Å²) in [6.45, 7) is 1.52. The van der Waals surface area contributed by atoms with E-state index in [-0.39, 0.29) is 5.91 Å². The largest absolute Gasteiger partial charge is 0.388 e. The highest BCUT2D eigenvalue weighted by atomic mass is 16.3. The van der Waals surface area contributed by atoms with Crippen LogP contribution in [0.4, 0.5) is 0 Å². The second-order valence-electron chi connectivity index (χ2n) is 6.48. The van der Waals surface area contributed by atoms with Gasteiger partial charge in [0.2, 0.25) is 0 Å². The summed E-state index contributed by atoms with van der Waals surface area (Å²) in [6.07, 6.45) is 3.13. The molecular weight excluding hydrogens is 328 g/mol. The summed E-state index contributed by atoms with van der Waals surface area (Å²) < 4.78 is 1.70. The average Bonchev–Trinajstić information content (AvgIpc) is 3.12. The molecule has 6 nitrogen and oxygen atoms in total. The monoisotopic (exact) mass is 348 g/mol. The molecule has 0 spiro atoms. The number of amides is 1. The van der Waals surface area contributed by atoms with E-state index in [2.05, 4.69) is 10.1 Å². The van der Waals surface area contributed by atoms with Crippen molar-refractivity contribution in [2.75, 3.05) is 6.54 Å². The van der Waals surface area contributed by atoms with E-state index in [4.69, 9.17) is 0 Å². The number of hydrogen-bond donors (Lipinski definition) is 1. The first-order valence-corrected chi connectivity index (χ1v) is 8.68. The first kappa shape index (κ1) is 16.5. The van der Waals surface area contributed by atoms with Crippen LogP contribution in [0.3, 0.4) is 0 Å². The zero-order chi connectivity index (χ0) is 17.9. The second-order valence-corrected chi connectivity index (χ2v) is 6.48. The van der Waals surface area contributed by atoms with Crippen LogP contribution < -0.4 is 0 Å². The number of aromatic nitrogens is 3. The maximum atomic E-state index is 13.2. The highest BCUT2D eigenvalue weighted by molar-refractivity contribution is 5.95. The van der Waals surface area contributed by atoms with Gasteiger partial charge >= 0.3 is 0 Å². The van der Waals surface area contributed by atoms with Crippen LogP contribution in [0.5, 0.6) is 0 Å². The molecule has 1 unspecified atom stereocenters. The van der Waals surface area contributed by atoms with Crippen molar-refractivity contribution in [3.8, 4) is 0 Å². The molecule has 4 rings (SSSR count). The molecule has 0 saturated carbocycles. The van der Waals surface area contributed by atoms with Crippen molar-refractivity contribution >= 4 is 5.91 Å². The Morgan fingerprint density at radius 3 is 2.81 bits per heavy atom. The van der Waals surface area contributed by atoms with E-state index in [1.54, 1.807) is 11.0 Å². The van der Waals surface area contributed by atoms with Crippen LogP contribution in [-0.4, -0.2) is 37.2 Å². The van der Waals surface area contributed by atoms with E-state index in [0.717, 1.165) is 16.7 Å². The third-order valence-electron chi connectivity index (χ3n) is 4.78. The van der Waals surface area contributed by atoms with Crippen molar-refractivity contribution in [3.05, 3.63) is 83.4 Å². The molecule has 1 aromatic heterocycles. The Morgan fingerprint density at radius 1 is 1.15 bits per heavy atom. The fraction of sp³-hybridized carbons (Fsp3) is 0.250. The minimum atomic E-state index is -0.533. The summed E-state index contributed by atoms with van der Waals surface area (Å²) >= 11 is 0. The summed E-state index contributed by atoms with van der Waals surface area (Å²) in [5.74, 6) is -0.0235. The molecule has 2 heterocycles. The summed E-state index contributed by atoms with van der Waals surface area (Å²) in [6, 6.07) is 15.4. The molecule has 1 atom stereocenters. The fourth-order valence-electron chi connectivity index (χ4n) is 3.42. The summed E-state index contributed by atoms with van der Waals surface area (Å²) in [4.78, 5) is 19.0. The predicted molar refractivity (Wildman–Crippen MR) is 96.3 cm³/mol. The van der Waals surface area contributed by atoms with Crippen molar-refractivity contribution in [3.63, 3.8) is 0 Å². The SMILES string of the molecule is O=C(c1ccccc1Cn1cncn1)N1CCC(O)c2ccccc2C1. The normalized spacial score (nSPS) is 16.8. The van der Waals surface area contributed by atoms with E-state index in [0.29, 0.717) is 31.6 Å². The van der Waals surface area contributed by atoms with Crippen molar-refractivity contribution in [2.45, 2.75) is 25.6 Å². The third-order valence-corrected chi connectivity index (χ3v) is 4.78. The van der Waals surface area contributed by atoms with Gasteiger partial charge in [-0.2, -0.15) is 5.10 Å². The Balaban J connectivity index is 1.62. The maximum absolute atomic E-state index is 13.2. The Kier molecular flexibility index (Phi) is 4.50. The molecule has 1 aliphatic rings. The molecule has 0 bridgehead atoms. The minimum absolute atomic E-state index is 0.0235. The van der Waals surface area contributed by atoms with Gasteiger partial charge in [-0.1, -0.05) is 42.5 Å². The average molecular weight is 348 g/mol. The van der Waals surface area contributed by atoms with Gasteiger partial charge < -0.3 is 10.0 Å². The lowest BCUT2D eigenvalue weighted by Gasteiger charge is -2.22. The summed E-state index contributed by atoms with van der Waals surface area (Å²) in [5.41, 5.74) is 3.48. The van der Waals surface area contributed by atoms with Crippen LogP contribution in [0.1, 0.15) is 39.6 Å². The fourth-order valence-corrected chi connectivity index (χ4v) is 3.42. The molecule has 3 aromatic rings. The molecule has 2 aromatic carbocycles. The van der Waals surface area contributed by atoms with Gasteiger partial charge in [0.05, 0.1) is 12.6 Å². The van der Waals surface area contributed by atoms with Crippen LogP contribution in [-0.2, 0) is 13.1 Å². The van der Waals surface area contributed by atoms with E-state index in [1.165, 1.54) is 6.33 Å². The zero-order valence-electron chi connectivity index (χ0n) is 14.3. The van der Waals surface area contributed by atoms with Crippen molar-refractivity contribution in [1.82, 2.24) is 19.7 Å². The van der Waals surface area contributed by atoms with Crippen LogP contribution >= 0.6 is 0 Å². The van der Waals surface area contributed by atoms with E-state index in [1.807, 2.05) is 53.4 Å². The smallest absolute Gasteiger partial charge is 0.254 e. The lowest BCUT2D eigenvalue weighted by molar-refractivity contribution is 0.0721. The molecule has 26 heavy (non-hydrogen) atoms. The highest BCUT2D eigenvalue weighted by Crippen LogP contribution is 2.27. The van der Waals surface area contributed by atoms with Crippen LogP contribution in [0.15, 0.2) is 61.2 Å². The molecule has 0 saturated heterocycles. The van der Waals surface area contributed by atoms with E-state index in [9.17, 15) is 9.90 Å². The number of carbonyl (C=O) groups excluding carboxylic acids is 1. The number of aliphatic hydroxyl groups is 1. The van der Waals surface area contributed by atoms with Crippen LogP contribution in [0, 0.1) is 0 Å². The van der Waals surface area contributed by atoms with Gasteiger partial charge in [0, 0.05) is 18.7 Å². The molecule has 6 heteroatoms. The molecule has 0 aliphatic carbocycles. The number of rotatable bonds is 3. The third kappa shape index (κ3) is 3.23. The Bertz CT molecular complexity index is 908. The van der Waals surface area contributed by atoms with Gasteiger partial charge in [-0.25, -0.2) is 9.67 Å². The Hall–Kier alpha value is -2.99. The number of carbonyl (C=O) groups is 1. The van der Waals surface area contributed by atoms with Crippen LogP contribution in [0.25, 0.3) is 0 Å². The second kappa shape index (κ2) is 7.09. The molecule has 1 amide bonds. The van der Waals surface area contributed by atoms with Gasteiger partial charge in [0.25, 0.3) is 5.91 Å². The number of nitrogens with zero attached hydrogens (tertiary/aromatic N) is 4. The topological polar surface area (TPSA) is 71.2 Å². The number of hydrogen-bond acceptors (Lipinski definition) is 4.